The second-order valence-electron chi connectivity index (χ2n) is 6.37. The summed E-state index contributed by atoms with van der Waals surface area (Å²) in [5.41, 5.74) is 0.203. The van der Waals surface area contributed by atoms with Crippen molar-refractivity contribution in [2.45, 2.75) is 58.7 Å². The van der Waals surface area contributed by atoms with Crippen LogP contribution in [0, 0.1) is 5.92 Å². The van der Waals surface area contributed by atoms with Crippen LogP contribution in [0.25, 0.3) is 0 Å². The maximum Gasteiger partial charge on any atom is 0.0385 e. The highest BCUT2D eigenvalue weighted by Gasteiger charge is 2.37. The van der Waals surface area contributed by atoms with Crippen LogP contribution in [0.1, 0.15) is 41.0 Å². The van der Waals surface area contributed by atoms with Crippen LogP contribution in [-0.2, 0) is 10.8 Å². The van der Waals surface area contributed by atoms with E-state index < -0.39 is 10.8 Å². The second-order valence-corrected chi connectivity index (χ2v) is 7.85. The van der Waals surface area contributed by atoms with E-state index in [9.17, 15) is 4.21 Å². The molecule has 1 aliphatic heterocycles. The molecule has 0 amide bonds. The van der Waals surface area contributed by atoms with E-state index in [1.54, 1.807) is 0 Å². The van der Waals surface area contributed by atoms with Crippen molar-refractivity contribution in [3.8, 4) is 0 Å². The van der Waals surface area contributed by atoms with E-state index in [4.69, 9.17) is 0 Å². The van der Waals surface area contributed by atoms with Crippen LogP contribution in [0.15, 0.2) is 0 Å². The zero-order chi connectivity index (χ0) is 13.9. The standard InChI is InChI=1S/C14H30N2OS/c1-7-14(5)10-16(12(4)9-18(6)17)13(8-15-14)11(2)3/h11-13,15H,7-10H2,1-6H3. The Hall–Kier alpha value is 0.0700. The molecule has 0 bridgehead atoms. The second kappa shape index (κ2) is 6.49. The van der Waals surface area contributed by atoms with Gasteiger partial charge in [0.05, 0.1) is 0 Å². The maximum atomic E-state index is 11.5. The van der Waals surface area contributed by atoms with Crippen LogP contribution < -0.4 is 5.32 Å². The highest BCUT2D eigenvalue weighted by atomic mass is 32.2. The summed E-state index contributed by atoms with van der Waals surface area (Å²) in [6.45, 7) is 13.4. The molecule has 0 aromatic carbocycles. The molecular formula is C14H30N2OS. The third-order valence-electron chi connectivity index (χ3n) is 4.29. The van der Waals surface area contributed by atoms with Crippen molar-refractivity contribution in [1.82, 2.24) is 10.2 Å². The number of piperazine rings is 1. The number of hydrogen-bond acceptors (Lipinski definition) is 3. The molecule has 0 radical (unpaired) electrons. The van der Waals surface area contributed by atoms with Crippen molar-refractivity contribution in [1.29, 1.82) is 0 Å². The van der Waals surface area contributed by atoms with Gasteiger partial charge in [-0.1, -0.05) is 20.8 Å². The molecule has 0 aromatic rings. The molecule has 1 saturated heterocycles. The molecule has 0 spiro atoms. The van der Waals surface area contributed by atoms with E-state index in [0.717, 1.165) is 25.3 Å². The summed E-state index contributed by atoms with van der Waals surface area (Å²) >= 11 is 0. The van der Waals surface area contributed by atoms with Crippen molar-refractivity contribution in [2.75, 3.05) is 25.1 Å². The largest absolute Gasteiger partial charge is 0.309 e. The fraction of sp³-hybridized carbons (Fsp3) is 1.00. The average molecular weight is 274 g/mol. The summed E-state index contributed by atoms with van der Waals surface area (Å²) in [5.74, 6) is 1.41. The highest BCUT2D eigenvalue weighted by Crippen LogP contribution is 2.24. The van der Waals surface area contributed by atoms with E-state index in [-0.39, 0.29) is 5.54 Å². The Kier molecular flexibility index (Phi) is 5.81. The summed E-state index contributed by atoms with van der Waals surface area (Å²) in [5, 5.41) is 3.70. The number of rotatable bonds is 5. The zero-order valence-corrected chi connectivity index (χ0v) is 13.6. The van der Waals surface area contributed by atoms with Gasteiger partial charge in [-0.15, -0.1) is 0 Å². The number of nitrogens with one attached hydrogen (secondary N) is 1. The number of hydrogen-bond donors (Lipinski definition) is 1. The first kappa shape index (κ1) is 16.1. The fourth-order valence-corrected chi connectivity index (χ4v) is 3.69. The van der Waals surface area contributed by atoms with E-state index in [1.807, 2.05) is 6.26 Å². The van der Waals surface area contributed by atoms with Crippen molar-refractivity contribution >= 4 is 10.8 Å². The SMILES string of the molecule is CCC1(C)CN(C(C)CS(C)=O)C(C(C)C)CN1. The van der Waals surface area contributed by atoms with Crippen molar-refractivity contribution in [2.24, 2.45) is 5.92 Å². The Labute approximate surface area is 115 Å². The molecule has 0 aliphatic carbocycles. The molecule has 0 aromatic heterocycles. The van der Waals surface area contributed by atoms with E-state index >= 15 is 0 Å². The lowest BCUT2D eigenvalue weighted by atomic mass is 9.89. The summed E-state index contributed by atoms with van der Waals surface area (Å²) in [6, 6.07) is 0.958. The minimum Gasteiger partial charge on any atom is -0.309 e. The molecule has 1 heterocycles. The predicted octanol–water partition coefficient (Wildman–Crippen LogP) is 1.85. The molecule has 4 unspecified atom stereocenters. The Balaban J connectivity index is 2.81. The maximum absolute atomic E-state index is 11.5. The topological polar surface area (TPSA) is 32.3 Å². The first-order chi connectivity index (χ1) is 8.29. The Morgan fingerprint density at radius 3 is 2.50 bits per heavy atom. The van der Waals surface area contributed by atoms with Crippen LogP contribution >= 0.6 is 0 Å². The molecule has 1 N–H and O–H groups in total. The minimum absolute atomic E-state index is 0.203. The molecule has 0 saturated carbocycles. The van der Waals surface area contributed by atoms with Crippen LogP contribution in [-0.4, -0.2) is 51.8 Å². The lowest BCUT2D eigenvalue weighted by Crippen LogP contribution is -2.66. The first-order valence-corrected chi connectivity index (χ1v) is 8.82. The summed E-state index contributed by atoms with van der Waals surface area (Å²) in [6.07, 6.45) is 2.94. The molecule has 1 rings (SSSR count). The van der Waals surface area contributed by atoms with Gasteiger partial charge < -0.3 is 5.32 Å². The lowest BCUT2D eigenvalue weighted by molar-refractivity contribution is 0.0371. The van der Waals surface area contributed by atoms with Gasteiger partial charge in [0.1, 0.15) is 0 Å². The zero-order valence-electron chi connectivity index (χ0n) is 12.8. The predicted molar refractivity (Wildman–Crippen MR) is 80.4 cm³/mol. The fourth-order valence-electron chi connectivity index (χ4n) is 2.82. The highest BCUT2D eigenvalue weighted by molar-refractivity contribution is 7.84. The Bertz CT molecular complexity index is 296. The summed E-state index contributed by atoms with van der Waals surface area (Å²) in [4.78, 5) is 2.58. The monoisotopic (exact) mass is 274 g/mol. The van der Waals surface area contributed by atoms with Gasteiger partial charge in [0.2, 0.25) is 0 Å². The molecule has 1 fully saturated rings. The third-order valence-corrected chi connectivity index (χ3v) is 5.24. The van der Waals surface area contributed by atoms with Gasteiger partial charge in [-0.3, -0.25) is 9.11 Å². The molecule has 18 heavy (non-hydrogen) atoms. The smallest absolute Gasteiger partial charge is 0.0385 e. The van der Waals surface area contributed by atoms with Gasteiger partial charge in [0.25, 0.3) is 0 Å². The molecule has 3 nitrogen and oxygen atoms in total. The van der Waals surface area contributed by atoms with Gasteiger partial charge in [-0.05, 0) is 26.2 Å². The molecule has 4 heteroatoms. The molecule has 1 aliphatic rings. The molecule has 108 valence electrons. The van der Waals surface area contributed by atoms with Crippen LogP contribution in [0.2, 0.25) is 0 Å². The van der Waals surface area contributed by atoms with E-state index in [1.165, 1.54) is 0 Å². The molecule has 4 atom stereocenters. The average Bonchev–Trinajstić information content (AvgIpc) is 2.27. The van der Waals surface area contributed by atoms with E-state index in [0.29, 0.717) is 18.0 Å². The summed E-state index contributed by atoms with van der Waals surface area (Å²) < 4.78 is 11.5. The Morgan fingerprint density at radius 1 is 1.44 bits per heavy atom. The third kappa shape index (κ3) is 4.04. The first-order valence-electron chi connectivity index (χ1n) is 7.10. The van der Waals surface area contributed by atoms with Crippen LogP contribution in [0.5, 0.6) is 0 Å². The van der Waals surface area contributed by atoms with Crippen molar-refractivity contribution in [3.63, 3.8) is 0 Å². The van der Waals surface area contributed by atoms with Gasteiger partial charge in [0.15, 0.2) is 0 Å². The van der Waals surface area contributed by atoms with Gasteiger partial charge in [-0.25, -0.2) is 0 Å². The van der Waals surface area contributed by atoms with Crippen molar-refractivity contribution in [3.05, 3.63) is 0 Å². The van der Waals surface area contributed by atoms with Crippen molar-refractivity contribution < 1.29 is 4.21 Å². The summed E-state index contributed by atoms with van der Waals surface area (Å²) in [7, 11) is -0.714. The lowest BCUT2D eigenvalue weighted by Gasteiger charge is -2.50. The quantitative estimate of drug-likeness (QED) is 0.830. The van der Waals surface area contributed by atoms with Gasteiger partial charge >= 0.3 is 0 Å². The van der Waals surface area contributed by atoms with Crippen LogP contribution in [0.4, 0.5) is 0 Å². The molecular weight excluding hydrogens is 244 g/mol. The van der Waals surface area contributed by atoms with Gasteiger partial charge in [0, 0.05) is 53.5 Å². The minimum atomic E-state index is -0.714. The Morgan fingerprint density at radius 2 is 2.06 bits per heavy atom. The normalized spacial score (nSPS) is 33.6. The number of nitrogens with zero attached hydrogens (tertiary/aromatic N) is 1. The van der Waals surface area contributed by atoms with Crippen LogP contribution in [0.3, 0.4) is 0 Å². The van der Waals surface area contributed by atoms with Gasteiger partial charge in [-0.2, -0.15) is 0 Å². The van der Waals surface area contributed by atoms with E-state index in [2.05, 4.69) is 44.8 Å².